The summed E-state index contributed by atoms with van der Waals surface area (Å²) in [5, 5.41) is 0. The number of unbranched alkanes of at least 4 members (excludes halogenated alkanes) is 7. The Morgan fingerprint density at radius 2 is 1.52 bits per heavy atom. The maximum atomic E-state index is 10.1. The maximum Gasteiger partial charge on any atom is 0.293 e. The average molecular weight is 292 g/mol. The minimum absolute atomic E-state index is 0.321. The second-order valence-corrected chi connectivity index (χ2v) is 5.37. The largest absolute Gasteiger partial charge is 0.494 e. The van der Waals surface area contributed by atoms with Crippen LogP contribution in [-0.4, -0.2) is 13.1 Å². The summed E-state index contributed by atoms with van der Waals surface area (Å²) in [6.07, 6.45) is 10.5. The van der Waals surface area contributed by atoms with E-state index in [2.05, 4.69) is 6.92 Å². The molecule has 0 heterocycles. The molecule has 3 heteroatoms. The van der Waals surface area contributed by atoms with Gasteiger partial charge >= 0.3 is 0 Å². The van der Waals surface area contributed by atoms with Crippen molar-refractivity contribution >= 4 is 6.47 Å². The van der Waals surface area contributed by atoms with E-state index in [4.69, 9.17) is 9.47 Å². The van der Waals surface area contributed by atoms with Crippen molar-refractivity contribution in [2.24, 2.45) is 0 Å². The summed E-state index contributed by atoms with van der Waals surface area (Å²) in [6, 6.07) is 7.70. The Hall–Kier alpha value is -1.51. The molecule has 1 aromatic rings. The number of hydrogen-bond donors (Lipinski definition) is 0. The summed E-state index contributed by atoms with van der Waals surface area (Å²) < 4.78 is 10.4. The van der Waals surface area contributed by atoms with Crippen LogP contribution in [0.25, 0.3) is 0 Å². The Balaban J connectivity index is 2.01. The molecule has 1 aromatic carbocycles. The predicted octanol–water partition coefficient (Wildman–Crippen LogP) is 4.88. The van der Waals surface area contributed by atoms with E-state index in [9.17, 15) is 4.79 Å². The zero-order valence-electron chi connectivity index (χ0n) is 13.2. The molecule has 0 spiro atoms. The minimum atomic E-state index is 0.321. The molecule has 0 radical (unpaired) electrons. The second-order valence-electron chi connectivity index (χ2n) is 5.37. The molecule has 0 saturated carbocycles. The molecule has 0 saturated heterocycles. The third-order valence-electron chi connectivity index (χ3n) is 3.51. The van der Waals surface area contributed by atoms with Gasteiger partial charge in [-0.25, -0.2) is 0 Å². The highest BCUT2D eigenvalue weighted by molar-refractivity contribution is 5.37. The van der Waals surface area contributed by atoms with Crippen LogP contribution in [0.5, 0.6) is 5.75 Å². The van der Waals surface area contributed by atoms with Gasteiger partial charge < -0.3 is 9.47 Å². The first-order chi connectivity index (χ1) is 10.4. The lowest BCUT2D eigenvalue weighted by molar-refractivity contribution is -0.129. The van der Waals surface area contributed by atoms with E-state index in [1.54, 1.807) is 0 Å². The molecule has 0 amide bonds. The summed E-state index contributed by atoms with van der Waals surface area (Å²) in [6.45, 7) is 3.81. The van der Waals surface area contributed by atoms with Crippen LogP contribution in [0.3, 0.4) is 0 Å². The van der Waals surface area contributed by atoms with Crippen molar-refractivity contribution in [2.45, 2.75) is 64.9 Å². The van der Waals surface area contributed by atoms with Gasteiger partial charge in [-0.1, -0.05) is 64.0 Å². The quantitative estimate of drug-likeness (QED) is 0.384. The highest BCUT2D eigenvalue weighted by Crippen LogP contribution is 2.14. The van der Waals surface area contributed by atoms with Crippen molar-refractivity contribution < 1.29 is 14.3 Å². The van der Waals surface area contributed by atoms with Gasteiger partial charge in [-0.2, -0.15) is 0 Å². The fourth-order valence-electron chi connectivity index (χ4n) is 2.24. The number of ether oxygens (including phenoxy) is 2. The molecular formula is C18H28O3. The zero-order chi connectivity index (χ0) is 15.2. The van der Waals surface area contributed by atoms with E-state index < -0.39 is 0 Å². The molecule has 118 valence electrons. The molecule has 0 fully saturated rings. The van der Waals surface area contributed by atoms with Crippen LogP contribution in [0.1, 0.15) is 63.9 Å². The van der Waals surface area contributed by atoms with Crippen molar-refractivity contribution in [3.63, 3.8) is 0 Å². The SMILES string of the molecule is CCCCCCCCCCOc1ccc(COC=O)cc1. The van der Waals surface area contributed by atoms with Gasteiger partial charge in [-0.15, -0.1) is 0 Å². The minimum Gasteiger partial charge on any atom is -0.494 e. The van der Waals surface area contributed by atoms with Crippen molar-refractivity contribution in [1.29, 1.82) is 0 Å². The first kappa shape index (κ1) is 17.5. The van der Waals surface area contributed by atoms with Crippen LogP contribution in [0.15, 0.2) is 24.3 Å². The Morgan fingerprint density at radius 1 is 0.905 bits per heavy atom. The van der Waals surface area contributed by atoms with Crippen molar-refractivity contribution in [2.75, 3.05) is 6.61 Å². The fourth-order valence-corrected chi connectivity index (χ4v) is 2.24. The lowest BCUT2D eigenvalue weighted by Gasteiger charge is -2.07. The van der Waals surface area contributed by atoms with E-state index in [0.717, 1.165) is 24.3 Å². The van der Waals surface area contributed by atoms with Gasteiger partial charge in [-0.3, -0.25) is 4.79 Å². The van der Waals surface area contributed by atoms with Crippen LogP contribution in [0, 0.1) is 0 Å². The van der Waals surface area contributed by atoms with E-state index in [-0.39, 0.29) is 0 Å². The standard InChI is InChI=1S/C18H28O3/c1-2-3-4-5-6-7-8-9-14-21-18-12-10-17(11-13-18)15-20-16-19/h10-13,16H,2-9,14-15H2,1H3. The fraction of sp³-hybridized carbons (Fsp3) is 0.611. The molecule has 0 N–H and O–H groups in total. The van der Waals surface area contributed by atoms with Gasteiger partial charge in [0.15, 0.2) is 0 Å². The smallest absolute Gasteiger partial charge is 0.293 e. The zero-order valence-corrected chi connectivity index (χ0v) is 13.2. The lowest BCUT2D eigenvalue weighted by atomic mass is 10.1. The van der Waals surface area contributed by atoms with Crippen LogP contribution in [-0.2, 0) is 16.1 Å². The summed E-state index contributed by atoms with van der Waals surface area (Å²) in [5.41, 5.74) is 0.974. The molecule has 0 bridgehead atoms. The predicted molar refractivity (Wildman–Crippen MR) is 85.4 cm³/mol. The van der Waals surface area contributed by atoms with Crippen molar-refractivity contribution in [3.8, 4) is 5.75 Å². The molecule has 0 atom stereocenters. The lowest BCUT2D eigenvalue weighted by Crippen LogP contribution is -1.97. The second kappa shape index (κ2) is 12.2. The normalized spacial score (nSPS) is 10.3. The van der Waals surface area contributed by atoms with Crippen LogP contribution < -0.4 is 4.74 Å². The van der Waals surface area contributed by atoms with Crippen LogP contribution in [0.2, 0.25) is 0 Å². The number of carbonyl (C=O) groups excluding carboxylic acids is 1. The average Bonchev–Trinajstić information content (AvgIpc) is 2.52. The highest BCUT2D eigenvalue weighted by atomic mass is 16.5. The van der Waals surface area contributed by atoms with E-state index in [1.165, 1.54) is 44.9 Å². The third-order valence-corrected chi connectivity index (χ3v) is 3.51. The van der Waals surface area contributed by atoms with Crippen LogP contribution in [0.4, 0.5) is 0 Å². The number of carbonyl (C=O) groups is 1. The highest BCUT2D eigenvalue weighted by Gasteiger charge is 1.97. The monoisotopic (exact) mass is 292 g/mol. The van der Waals surface area contributed by atoms with Gasteiger partial charge in [-0.05, 0) is 24.1 Å². The van der Waals surface area contributed by atoms with Crippen molar-refractivity contribution in [3.05, 3.63) is 29.8 Å². The third kappa shape index (κ3) is 9.11. The molecule has 0 unspecified atom stereocenters. The van der Waals surface area contributed by atoms with Gasteiger partial charge in [0.05, 0.1) is 6.61 Å². The number of hydrogen-bond acceptors (Lipinski definition) is 3. The summed E-state index contributed by atoms with van der Waals surface area (Å²) >= 11 is 0. The Bertz CT molecular complexity index is 359. The first-order valence-corrected chi connectivity index (χ1v) is 8.13. The van der Waals surface area contributed by atoms with E-state index in [0.29, 0.717) is 13.1 Å². The van der Waals surface area contributed by atoms with Gasteiger partial charge in [0, 0.05) is 0 Å². The van der Waals surface area contributed by atoms with Gasteiger partial charge in [0.2, 0.25) is 0 Å². The van der Waals surface area contributed by atoms with Crippen molar-refractivity contribution in [1.82, 2.24) is 0 Å². The Labute approximate surface area is 128 Å². The molecule has 3 nitrogen and oxygen atoms in total. The van der Waals surface area contributed by atoms with E-state index in [1.807, 2.05) is 24.3 Å². The summed E-state index contributed by atoms with van der Waals surface area (Å²) in [5.74, 6) is 0.882. The molecule has 0 aliphatic carbocycles. The summed E-state index contributed by atoms with van der Waals surface area (Å²) in [4.78, 5) is 10.1. The maximum absolute atomic E-state index is 10.1. The molecule has 0 aliphatic rings. The number of benzene rings is 1. The van der Waals surface area contributed by atoms with E-state index >= 15 is 0 Å². The van der Waals surface area contributed by atoms with Gasteiger partial charge in [0.1, 0.15) is 12.4 Å². The Morgan fingerprint density at radius 3 is 2.14 bits per heavy atom. The number of rotatable bonds is 13. The molecule has 21 heavy (non-hydrogen) atoms. The molecule has 1 rings (SSSR count). The van der Waals surface area contributed by atoms with Crippen LogP contribution >= 0.6 is 0 Å². The first-order valence-electron chi connectivity index (χ1n) is 8.13. The van der Waals surface area contributed by atoms with Gasteiger partial charge in [0.25, 0.3) is 6.47 Å². The topological polar surface area (TPSA) is 35.5 Å². The summed E-state index contributed by atoms with van der Waals surface area (Å²) in [7, 11) is 0. The molecular weight excluding hydrogens is 264 g/mol. The molecule has 0 aromatic heterocycles. The molecule has 0 aliphatic heterocycles. The Kier molecular flexibility index (Phi) is 10.2.